The van der Waals surface area contributed by atoms with Crippen molar-refractivity contribution in [1.29, 1.82) is 0 Å². The highest BCUT2D eigenvalue weighted by Gasteiger charge is 2.28. The number of nitrogens with one attached hydrogen (secondary N) is 1. The van der Waals surface area contributed by atoms with E-state index in [4.69, 9.17) is 4.98 Å². The van der Waals surface area contributed by atoms with Gasteiger partial charge in [-0.05, 0) is 44.5 Å². The highest BCUT2D eigenvalue weighted by molar-refractivity contribution is 5.98. The molecule has 1 unspecified atom stereocenters. The first-order chi connectivity index (χ1) is 16.0. The maximum absolute atomic E-state index is 13.5. The minimum atomic E-state index is -0.149. The summed E-state index contributed by atoms with van der Waals surface area (Å²) in [4.78, 5) is 39.2. The summed E-state index contributed by atoms with van der Waals surface area (Å²) in [5.41, 5.74) is 2.75. The van der Waals surface area contributed by atoms with Crippen molar-refractivity contribution in [2.24, 2.45) is 0 Å². The number of rotatable bonds is 3. The average Bonchev–Trinajstić information content (AvgIpc) is 3.29. The number of hydrogen-bond acceptors (Lipinski definition) is 6. The third-order valence-corrected chi connectivity index (χ3v) is 6.14. The number of aryl methyl sites for hydroxylation is 1. The first-order valence-corrected chi connectivity index (χ1v) is 11.0. The number of aromatic nitrogens is 5. The van der Waals surface area contributed by atoms with Crippen molar-refractivity contribution < 1.29 is 4.79 Å². The Hall–Kier alpha value is -4.01. The van der Waals surface area contributed by atoms with Gasteiger partial charge in [0.2, 0.25) is 5.95 Å². The number of nitrogens with zero attached hydrogens (tertiary/aromatic N) is 6. The summed E-state index contributed by atoms with van der Waals surface area (Å²) >= 11 is 0. The van der Waals surface area contributed by atoms with Gasteiger partial charge in [-0.1, -0.05) is 23.8 Å². The van der Waals surface area contributed by atoms with E-state index in [0.29, 0.717) is 47.7 Å². The van der Waals surface area contributed by atoms with E-state index < -0.39 is 0 Å². The van der Waals surface area contributed by atoms with Crippen LogP contribution in [0.1, 0.15) is 29.3 Å². The van der Waals surface area contributed by atoms with Crippen LogP contribution in [0.15, 0.2) is 59.7 Å². The normalized spacial score (nSPS) is 16.7. The SMILES string of the molecule is Cc1ccc2nc(N3CCC(C)N(C(=O)c4ccccc4-n4nccn4)CC3)[nH]c(=O)c2c1. The Morgan fingerprint density at radius 1 is 1.06 bits per heavy atom. The number of hydrogen-bond donors (Lipinski definition) is 1. The van der Waals surface area contributed by atoms with Gasteiger partial charge in [0.15, 0.2) is 0 Å². The van der Waals surface area contributed by atoms with Gasteiger partial charge in [0.05, 0.1) is 34.5 Å². The summed E-state index contributed by atoms with van der Waals surface area (Å²) < 4.78 is 0. The van der Waals surface area contributed by atoms with Crippen molar-refractivity contribution in [1.82, 2.24) is 29.9 Å². The number of benzene rings is 2. The van der Waals surface area contributed by atoms with Crippen LogP contribution in [0.2, 0.25) is 0 Å². The fraction of sp³-hybridized carbons (Fsp3) is 0.292. The third kappa shape index (κ3) is 3.97. The molecular weight excluding hydrogens is 418 g/mol. The van der Waals surface area contributed by atoms with Gasteiger partial charge in [0.25, 0.3) is 11.5 Å². The predicted octanol–water partition coefficient (Wildman–Crippen LogP) is 2.55. The number of para-hydroxylation sites is 1. The summed E-state index contributed by atoms with van der Waals surface area (Å²) in [6, 6.07) is 13.1. The van der Waals surface area contributed by atoms with E-state index >= 15 is 0 Å². The summed E-state index contributed by atoms with van der Waals surface area (Å²) in [7, 11) is 0. The summed E-state index contributed by atoms with van der Waals surface area (Å²) in [6.45, 7) is 5.77. The molecule has 1 aliphatic heterocycles. The lowest BCUT2D eigenvalue weighted by molar-refractivity contribution is 0.0705. The van der Waals surface area contributed by atoms with Crippen molar-refractivity contribution in [2.75, 3.05) is 24.5 Å². The quantitative estimate of drug-likeness (QED) is 0.522. The van der Waals surface area contributed by atoms with Gasteiger partial charge in [-0.2, -0.15) is 15.0 Å². The van der Waals surface area contributed by atoms with E-state index in [9.17, 15) is 9.59 Å². The number of carbonyl (C=O) groups is 1. The molecule has 0 bridgehead atoms. The molecule has 0 saturated carbocycles. The fourth-order valence-corrected chi connectivity index (χ4v) is 4.29. The zero-order chi connectivity index (χ0) is 22.9. The molecule has 5 rings (SSSR count). The van der Waals surface area contributed by atoms with Crippen molar-refractivity contribution in [3.63, 3.8) is 0 Å². The first-order valence-electron chi connectivity index (χ1n) is 11.0. The van der Waals surface area contributed by atoms with Crippen LogP contribution in [0.3, 0.4) is 0 Å². The number of H-pyrrole nitrogens is 1. The van der Waals surface area contributed by atoms with Crippen molar-refractivity contribution >= 4 is 22.8 Å². The molecule has 4 aromatic rings. The summed E-state index contributed by atoms with van der Waals surface area (Å²) in [5, 5.41) is 8.96. The molecule has 9 heteroatoms. The number of amides is 1. The number of anilines is 1. The molecule has 1 saturated heterocycles. The van der Waals surface area contributed by atoms with E-state index in [1.165, 1.54) is 4.80 Å². The molecule has 1 atom stereocenters. The molecule has 2 aromatic heterocycles. The highest BCUT2D eigenvalue weighted by Crippen LogP contribution is 2.21. The molecule has 1 amide bonds. The van der Waals surface area contributed by atoms with Crippen LogP contribution >= 0.6 is 0 Å². The molecule has 1 N–H and O–H groups in total. The monoisotopic (exact) mass is 443 g/mol. The molecule has 2 aromatic carbocycles. The lowest BCUT2D eigenvalue weighted by atomic mass is 10.1. The second-order valence-corrected chi connectivity index (χ2v) is 8.37. The lowest BCUT2D eigenvalue weighted by Crippen LogP contribution is -2.40. The van der Waals surface area contributed by atoms with Crippen LogP contribution in [0, 0.1) is 6.92 Å². The van der Waals surface area contributed by atoms with E-state index in [1.807, 2.05) is 53.1 Å². The van der Waals surface area contributed by atoms with Crippen LogP contribution < -0.4 is 10.5 Å². The Morgan fingerprint density at radius 3 is 2.67 bits per heavy atom. The molecule has 1 fully saturated rings. The topological polar surface area (TPSA) is 100 Å². The Balaban J connectivity index is 1.41. The number of carbonyl (C=O) groups excluding carboxylic acids is 1. The lowest BCUT2D eigenvalue weighted by Gasteiger charge is -2.27. The molecule has 168 valence electrons. The smallest absolute Gasteiger partial charge is 0.260 e. The molecule has 9 nitrogen and oxygen atoms in total. The summed E-state index contributed by atoms with van der Waals surface area (Å²) in [5.74, 6) is 0.478. The molecule has 3 heterocycles. The highest BCUT2D eigenvalue weighted by atomic mass is 16.2. The minimum Gasteiger partial charge on any atom is -0.340 e. The molecule has 0 spiro atoms. The van der Waals surface area contributed by atoms with E-state index in [2.05, 4.69) is 22.1 Å². The van der Waals surface area contributed by atoms with E-state index in [1.54, 1.807) is 18.5 Å². The van der Waals surface area contributed by atoms with Crippen molar-refractivity contribution in [3.8, 4) is 5.69 Å². The van der Waals surface area contributed by atoms with Crippen LogP contribution in [0.25, 0.3) is 16.6 Å². The van der Waals surface area contributed by atoms with Crippen LogP contribution in [-0.4, -0.2) is 61.4 Å². The van der Waals surface area contributed by atoms with E-state index in [-0.39, 0.29) is 17.5 Å². The Labute approximate surface area is 190 Å². The largest absolute Gasteiger partial charge is 0.340 e. The van der Waals surface area contributed by atoms with Crippen LogP contribution in [0.5, 0.6) is 0 Å². The number of fused-ring (bicyclic) bond motifs is 1. The zero-order valence-corrected chi connectivity index (χ0v) is 18.6. The van der Waals surface area contributed by atoms with Gasteiger partial charge in [0.1, 0.15) is 0 Å². The van der Waals surface area contributed by atoms with Crippen LogP contribution in [-0.2, 0) is 0 Å². The fourth-order valence-electron chi connectivity index (χ4n) is 4.29. The van der Waals surface area contributed by atoms with Gasteiger partial charge in [-0.15, -0.1) is 0 Å². The van der Waals surface area contributed by atoms with Gasteiger partial charge >= 0.3 is 0 Å². The molecule has 0 aliphatic carbocycles. The van der Waals surface area contributed by atoms with Gasteiger partial charge in [-0.3, -0.25) is 14.6 Å². The average molecular weight is 444 g/mol. The maximum Gasteiger partial charge on any atom is 0.260 e. The van der Waals surface area contributed by atoms with Gasteiger partial charge in [0, 0.05) is 25.7 Å². The van der Waals surface area contributed by atoms with E-state index in [0.717, 1.165) is 12.0 Å². The maximum atomic E-state index is 13.5. The summed E-state index contributed by atoms with van der Waals surface area (Å²) in [6.07, 6.45) is 3.93. The Bertz CT molecular complexity index is 1360. The second kappa shape index (κ2) is 8.50. The van der Waals surface area contributed by atoms with Gasteiger partial charge in [-0.25, -0.2) is 4.98 Å². The van der Waals surface area contributed by atoms with Crippen molar-refractivity contribution in [3.05, 3.63) is 76.3 Å². The molecule has 0 radical (unpaired) electrons. The zero-order valence-electron chi connectivity index (χ0n) is 18.6. The van der Waals surface area contributed by atoms with Crippen LogP contribution in [0.4, 0.5) is 5.95 Å². The van der Waals surface area contributed by atoms with Crippen molar-refractivity contribution in [2.45, 2.75) is 26.3 Å². The minimum absolute atomic E-state index is 0.0240. The molecular formula is C24H25N7O2. The predicted molar refractivity (Wildman–Crippen MR) is 126 cm³/mol. The van der Waals surface area contributed by atoms with Gasteiger partial charge < -0.3 is 9.80 Å². The third-order valence-electron chi connectivity index (χ3n) is 6.14. The Morgan fingerprint density at radius 2 is 1.85 bits per heavy atom. The number of aromatic amines is 1. The Kier molecular flexibility index (Phi) is 5.37. The second-order valence-electron chi connectivity index (χ2n) is 8.37. The first kappa shape index (κ1) is 20.9. The standard InChI is InChI=1S/C24H25N7O2/c1-16-7-8-20-19(15-16)22(32)28-24(27-20)29-12-9-17(2)30(14-13-29)23(33)18-5-3-4-6-21(18)31-25-10-11-26-31/h3-8,10-11,15,17H,9,12-14H2,1-2H3,(H,27,28,32). The molecule has 1 aliphatic rings. The molecule has 33 heavy (non-hydrogen) atoms.